The zero-order valence-electron chi connectivity index (χ0n) is 27.8. The monoisotopic (exact) mass is 634 g/mol. The lowest BCUT2D eigenvalue weighted by Crippen LogP contribution is -2.30. The van der Waals surface area contributed by atoms with Crippen LogP contribution < -0.4 is 15.2 Å². The molecular weight excluding hydrogens is 597 g/mol. The van der Waals surface area contributed by atoms with Crippen LogP contribution in [0, 0.1) is 0 Å². The molecule has 0 bridgehead atoms. The maximum absolute atomic E-state index is 6.76. The van der Waals surface area contributed by atoms with Crippen molar-refractivity contribution < 1.29 is 9.15 Å². The van der Waals surface area contributed by atoms with Crippen molar-refractivity contribution in [1.29, 1.82) is 0 Å². The lowest BCUT2D eigenvalue weighted by molar-refractivity contribution is 0.353. The molecule has 238 valence electrons. The van der Waals surface area contributed by atoms with Gasteiger partial charge < -0.3 is 9.15 Å². The van der Waals surface area contributed by atoms with E-state index in [9.17, 15) is 0 Å². The summed E-state index contributed by atoms with van der Waals surface area (Å²) < 4.78 is 13.4. The molecule has 0 N–H and O–H groups in total. The molecule has 2 nitrogen and oxygen atoms in total. The number of fused-ring (bicyclic) bond motifs is 7. The van der Waals surface area contributed by atoms with E-state index >= 15 is 0 Å². The number of benzene rings is 5. The highest BCUT2D eigenvalue weighted by atomic mass is 16.5. The number of para-hydroxylation sites is 2. The summed E-state index contributed by atoms with van der Waals surface area (Å²) >= 11 is 0. The van der Waals surface area contributed by atoms with E-state index in [1.54, 1.807) is 0 Å². The van der Waals surface area contributed by atoms with E-state index in [4.69, 9.17) is 9.15 Å². The molecule has 1 aliphatic carbocycles. The van der Waals surface area contributed by atoms with Crippen molar-refractivity contribution in [2.24, 2.45) is 0 Å². The lowest BCUT2D eigenvalue weighted by atomic mass is 9.87. The van der Waals surface area contributed by atoms with Crippen LogP contribution in [0.15, 0.2) is 157 Å². The summed E-state index contributed by atoms with van der Waals surface area (Å²) in [6, 6.07) is 38.3. The first-order valence-electron chi connectivity index (χ1n) is 17.1. The van der Waals surface area contributed by atoms with Gasteiger partial charge in [0.05, 0.1) is 0 Å². The third-order valence-corrected chi connectivity index (χ3v) is 9.93. The predicted molar refractivity (Wildman–Crippen MR) is 207 cm³/mol. The third kappa shape index (κ3) is 5.50. The van der Waals surface area contributed by atoms with Crippen LogP contribution in [0.2, 0.25) is 0 Å². The number of furan rings is 1. The Kier molecular flexibility index (Phi) is 8.07. The topological polar surface area (TPSA) is 22.4 Å². The van der Waals surface area contributed by atoms with Gasteiger partial charge in [-0.15, -0.1) is 0 Å². The SMILES string of the molecule is C=Cc1ccccc1C(=C)C1=c2/cccc/c2=C(\C2=C/c3c(ccc4c3oc3ccccc34)C(C)c3ccccc3OC2)/C=C/CC/C=C/1. The molecule has 2 aliphatic rings. The summed E-state index contributed by atoms with van der Waals surface area (Å²) in [7, 11) is 0. The summed E-state index contributed by atoms with van der Waals surface area (Å²) in [4.78, 5) is 0. The molecule has 2 heterocycles. The van der Waals surface area contributed by atoms with Crippen molar-refractivity contribution in [3.63, 3.8) is 0 Å². The number of ether oxygens (including phenoxy) is 1. The highest BCUT2D eigenvalue weighted by molar-refractivity contribution is 6.08. The van der Waals surface area contributed by atoms with Gasteiger partial charge in [-0.25, -0.2) is 0 Å². The molecule has 5 aromatic carbocycles. The van der Waals surface area contributed by atoms with Crippen LogP contribution in [0.4, 0.5) is 0 Å². The Morgan fingerprint density at radius 1 is 0.735 bits per heavy atom. The number of rotatable bonds is 4. The fourth-order valence-corrected chi connectivity index (χ4v) is 7.38. The number of hydrogen-bond donors (Lipinski definition) is 0. The zero-order valence-corrected chi connectivity index (χ0v) is 27.8. The van der Waals surface area contributed by atoms with Crippen molar-refractivity contribution in [1.82, 2.24) is 0 Å². The molecule has 0 fully saturated rings. The molecular formula is C47H38O2. The molecule has 1 unspecified atom stereocenters. The fraction of sp³-hybridized carbons (Fsp3) is 0.106. The number of allylic oxidation sites excluding steroid dienone is 5. The Labute approximate surface area is 287 Å². The Hall–Kier alpha value is -5.86. The van der Waals surface area contributed by atoms with Gasteiger partial charge in [-0.2, -0.15) is 0 Å². The first-order chi connectivity index (χ1) is 24.1. The number of hydrogen-bond acceptors (Lipinski definition) is 2. The first kappa shape index (κ1) is 30.5. The summed E-state index contributed by atoms with van der Waals surface area (Å²) in [6.45, 7) is 11.4. The maximum Gasteiger partial charge on any atom is 0.142 e. The molecule has 0 amide bonds. The Morgan fingerprint density at radius 2 is 1.47 bits per heavy atom. The summed E-state index contributed by atoms with van der Waals surface area (Å²) in [5.74, 6) is 0.996. The van der Waals surface area contributed by atoms with Gasteiger partial charge in [0.15, 0.2) is 0 Å². The van der Waals surface area contributed by atoms with Gasteiger partial charge in [0.25, 0.3) is 0 Å². The maximum atomic E-state index is 6.76. The van der Waals surface area contributed by atoms with Crippen LogP contribution in [0.25, 0.3) is 50.8 Å². The Morgan fingerprint density at radius 3 is 2.35 bits per heavy atom. The van der Waals surface area contributed by atoms with Gasteiger partial charge in [0.2, 0.25) is 0 Å². The fourth-order valence-electron chi connectivity index (χ4n) is 7.38. The van der Waals surface area contributed by atoms with Crippen LogP contribution in [-0.2, 0) is 0 Å². The Bertz CT molecular complexity index is 2500. The van der Waals surface area contributed by atoms with E-state index in [1.807, 2.05) is 18.2 Å². The van der Waals surface area contributed by atoms with Crippen molar-refractivity contribution in [2.45, 2.75) is 25.7 Å². The van der Waals surface area contributed by atoms with Crippen molar-refractivity contribution in [3.05, 3.63) is 190 Å². The normalized spacial score (nSPS) is 20.6. The van der Waals surface area contributed by atoms with E-state index in [0.717, 1.165) is 89.9 Å². The molecule has 8 rings (SSSR count). The van der Waals surface area contributed by atoms with E-state index in [1.165, 1.54) is 11.1 Å². The van der Waals surface area contributed by atoms with Crippen LogP contribution >= 0.6 is 0 Å². The van der Waals surface area contributed by atoms with E-state index < -0.39 is 0 Å². The second-order valence-electron chi connectivity index (χ2n) is 12.8. The average Bonchev–Trinajstić information content (AvgIpc) is 3.55. The van der Waals surface area contributed by atoms with Gasteiger partial charge in [-0.3, -0.25) is 0 Å². The van der Waals surface area contributed by atoms with Crippen LogP contribution in [0.5, 0.6) is 5.75 Å². The van der Waals surface area contributed by atoms with Crippen molar-refractivity contribution >= 4 is 50.8 Å². The van der Waals surface area contributed by atoms with E-state index in [-0.39, 0.29) is 5.92 Å². The van der Waals surface area contributed by atoms with E-state index in [2.05, 4.69) is 148 Å². The molecule has 1 atom stereocenters. The van der Waals surface area contributed by atoms with E-state index in [0.29, 0.717) is 6.61 Å². The highest BCUT2D eigenvalue weighted by Crippen LogP contribution is 2.41. The minimum Gasteiger partial charge on any atom is -0.489 e. The van der Waals surface area contributed by atoms with Gasteiger partial charge in [0, 0.05) is 27.8 Å². The van der Waals surface area contributed by atoms with Gasteiger partial charge in [0.1, 0.15) is 23.5 Å². The molecule has 6 aromatic rings. The summed E-state index contributed by atoms with van der Waals surface area (Å²) in [5.41, 5.74) is 11.7. The second-order valence-corrected chi connectivity index (χ2v) is 12.8. The minimum atomic E-state index is 0.0922. The quantitative estimate of drug-likeness (QED) is 0.193. The van der Waals surface area contributed by atoms with Crippen LogP contribution in [-0.4, -0.2) is 6.61 Å². The second kappa shape index (κ2) is 13.0. The molecule has 0 spiro atoms. The zero-order chi connectivity index (χ0) is 33.3. The molecule has 2 heteroatoms. The lowest BCUT2D eigenvalue weighted by Gasteiger charge is -2.18. The highest BCUT2D eigenvalue weighted by Gasteiger charge is 2.23. The summed E-state index contributed by atoms with van der Waals surface area (Å²) in [5, 5.41) is 4.50. The van der Waals surface area contributed by atoms with Crippen LogP contribution in [0.1, 0.15) is 53.5 Å². The molecule has 0 radical (unpaired) electrons. The Balaban J connectivity index is 1.46. The van der Waals surface area contributed by atoms with Crippen LogP contribution in [0.3, 0.4) is 0 Å². The third-order valence-electron chi connectivity index (χ3n) is 9.93. The molecule has 0 saturated carbocycles. The minimum absolute atomic E-state index is 0.0922. The van der Waals surface area contributed by atoms with Gasteiger partial charge in [-0.1, -0.05) is 148 Å². The predicted octanol–water partition coefficient (Wildman–Crippen LogP) is 10.8. The smallest absolute Gasteiger partial charge is 0.142 e. The molecule has 1 aliphatic heterocycles. The van der Waals surface area contributed by atoms with Crippen molar-refractivity contribution in [3.8, 4) is 5.75 Å². The largest absolute Gasteiger partial charge is 0.489 e. The molecule has 0 saturated heterocycles. The summed E-state index contributed by atoms with van der Waals surface area (Å²) in [6.07, 6.45) is 15.2. The molecule has 1 aromatic heterocycles. The molecule has 49 heavy (non-hydrogen) atoms. The average molecular weight is 635 g/mol. The van der Waals surface area contributed by atoms with Crippen molar-refractivity contribution in [2.75, 3.05) is 6.61 Å². The standard InChI is InChI=1S/C47H38O2/c1-4-33-17-9-10-18-35(33)31(2)36-19-7-5-6-8-21-39(41-23-12-11-22-40(36)41)34-29-44-37(32(3)38-20-13-15-25-45(38)48-30-34)27-28-43-42-24-14-16-26-46(42)49-47(43)44/h4,7-29,32H,1-2,5-6,30H2,3H3/b19-7+,21-8+,34-29-,40-36+,41-39+. The van der Waals surface area contributed by atoms with Gasteiger partial charge in [-0.05, 0) is 80.5 Å². The van der Waals surface area contributed by atoms with Gasteiger partial charge >= 0.3 is 0 Å². The first-order valence-corrected chi connectivity index (χ1v) is 17.1.